The van der Waals surface area contributed by atoms with Gasteiger partial charge in [0.1, 0.15) is 5.75 Å². The highest BCUT2D eigenvalue weighted by molar-refractivity contribution is 5.94. The Hall–Kier alpha value is -3.76. The van der Waals surface area contributed by atoms with Crippen LogP contribution in [0.5, 0.6) is 5.75 Å². The lowest BCUT2D eigenvalue weighted by atomic mass is 9.92. The van der Waals surface area contributed by atoms with Gasteiger partial charge >= 0.3 is 5.97 Å². The number of carboxylic acid groups (broad SMARTS) is 1. The van der Waals surface area contributed by atoms with E-state index in [9.17, 15) is 14.7 Å². The molecule has 3 atom stereocenters. The van der Waals surface area contributed by atoms with Crippen LogP contribution in [0.15, 0.2) is 72.8 Å². The molecule has 0 aliphatic carbocycles. The van der Waals surface area contributed by atoms with E-state index < -0.39 is 5.97 Å². The Bertz CT molecular complexity index is 1420. The summed E-state index contributed by atoms with van der Waals surface area (Å²) in [6.45, 7) is 11.3. The first kappa shape index (κ1) is 31.7. The summed E-state index contributed by atoms with van der Waals surface area (Å²) in [5.74, 6) is -0.668. The molecule has 9 heteroatoms. The van der Waals surface area contributed by atoms with E-state index in [4.69, 9.17) is 9.84 Å². The van der Waals surface area contributed by atoms with Gasteiger partial charge in [0.05, 0.1) is 18.2 Å². The second kappa shape index (κ2) is 14.3. The van der Waals surface area contributed by atoms with E-state index in [1.165, 1.54) is 0 Å². The maximum atomic E-state index is 13.7. The number of carbonyl (C=O) groups excluding carboxylic acids is 1. The van der Waals surface area contributed by atoms with E-state index in [2.05, 4.69) is 40.7 Å². The Morgan fingerprint density at radius 2 is 1.55 bits per heavy atom. The van der Waals surface area contributed by atoms with Gasteiger partial charge in [-0.2, -0.15) is 0 Å². The number of hydrogen-bond acceptors (Lipinski definition) is 7. The lowest BCUT2D eigenvalue weighted by molar-refractivity contribution is 0.0116. The van der Waals surface area contributed by atoms with Crippen molar-refractivity contribution in [3.63, 3.8) is 0 Å². The van der Waals surface area contributed by atoms with Crippen LogP contribution in [0.1, 0.15) is 57.3 Å². The summed E-state index contributed by atoms with van der Waals surface area (Å²) in [4.78, 5) is 34.1. The summed E-state index contributed by atoms with van der Waals surface area (Å²) in [6.07, 6.45) is 0. The van der Waals surface area contributed by atoms with Crippen molar-refractivity contribution in [1.29, 1.82) is 0 Å². The van der Waals surface area contributed by atoms with Gasteiger partial charge in [-0.1, -0.05) is 36.4 Å². The number of piperazine rings is 2. The molecule has 44 heavy (non-hydrogen) atoms. The number of carboxylic acids is 1. The Labute approximate surface area is 260 Å². The third kappa shape index (κ3) is 7.47. The first-order chi connectivity index (χ1) is 21.2. The zero-order valence-corrected chi connectivity index (χ0v) is 25.9. The lowest BCUT2D eigenvalue weighted by Crippen LogP contribution is -2.57. The average Bonchev–Trinajstić information content (AvgIpc) is 3.02. The van der Waals surface area contributed by atoms with Crippen LogP contribution in [0.3, 0.4) is 0 Å². The lowest BCUT2D eigenvalue weighted by Gasteiger charge is -2.47. The molecule has 0 unspecified atom stereocenters. The highest BCUT2D eigenvalue weighted by Gasteiger charge is 2.35. The van der Waals surface area contributed by atoms with E-state index >= 15 is 0 Å². The van der Waals surface area contributed by atoms with Gasteiger partial charge in [0.25, 0.3) is 5.91 Å². The average molecular weight is 601 g/mol. The van der Waals surface area contributed by atoms with Crippen molar-refractivity contribution in [1.82, 2.24) is 19.6 Å². The number of aromatic hydroxyl groups is 1. The summed E-state index contributed by atoms with van der Waals surface area (Å²) in [5.41, 5.74) is 4.05. The van der Waals surface area contributed by atoms with Crippen LogP contribution in [-0.2, 0) is 11.3 Å². The maximum Gasteiger partial charge on any atom is 0.335 e. The molecule has 2 aliphatic rings. The van der Waals surface area contributed by atoms with Crippen molar-refractivity contribution in [2.24, 2.45) is 0 Å². The van der Waals surface area contributed by atoms with Crippen molar-refractivity contribution >= 4 is 11.9 Å². The molecular weight excluding hydrogens is 556 g/mol. The van der Waals surface area contributed by atoms with Crippen molar-refractivity contribution in [2.45, 2.75) is 38.5 Å². The fraction of sp³-hybridized carbons (Fsp3) is 0.429. The molecular formula is C35H44N4O5. The molecule has 5 rings (SSSR count). The van der Waals surface area contributed by atoms with E-state index in [1.807, 2.05) is 47.4 Å². The van der Waals surface area contributed by atoms with Crippen LogP contribution in [0, 0.1) is 0 Å². The summed E-state index contributed by atoms with van der Waals surface area (Å²) in [6, 6.07) is 22.9. The number of phenols is 1. The molecule has 2 N–H and O–H groups in total. The van der Waals surface area contributed by atoms with Gasteiger partial charge in [-0.15, -0.1) is 0 Å². The number of methoxy groups -OCH3 is 1. The Balaban J connectivity index is 1.30. The zero-order valence-electron chi connectivity index (χ0n) is 25.9. The van der Waals surface area contributed by atoms with Gasteiger partial charge < -0.3 is 19.8 Å². The van der Waals surface area contributed by atoms with Gasteiger partial charge in [0, 0.05) is 77.1 Å². The number of amides is 1. The van der Waals surface area contributed by atoms with E-state index in [0.29, 0.717) is 31.3 Å². The minimum Gasteiger partial charge on any atom is -0.508 e. The van der Waals surface area contributed by atoms with Gasteiger partial charge in [-0.25, -0.2) is 4.79 Å². The quantitative estimate of drug-likeness (QED) is 0.358. The first-order valence-electron chi connectivity index (χ1n) is 15.4. The molecule has 2 heterocycles. The van der Waals surface area contributed by atoms with E-state index in [1.54, 1.807) is 25.3 Å². The third-order valence-corrected chi connectivity index (χ3v) is 8.98. The third-order valence-electron chi connectivity index (χ3n) is 8.98. The van der Waals surface area contributed by atoms with Gasteiger partial charge in [-0.05, 0) is 66.9 Å². The summed E-state index contributed by atoms with van der Waals surface area (Å²) in [5, 5.41) is 19.5. The normalized spacial score (nSPS) is 20.8. The van der Waals surface area contributed by atoms with Gasteiger partial charge in [-0.3, -0.25) is 19.5 Å². The van der Waals surface area contributed by atoms with E-state index in [-0.39, 0.29) is 29.3 Å². The standard InChI is InChI=1S/C35H44N4O5/c1-25-23-39(26(2)22-38(25)18-19-44-3)33(30-7-5-9-32(40)21-30)29-6-4-8-31(20-29)34(41)37-16-14-36(15-17-37)24-27-10-12-28(13-11-27)35(42)43/h4-13,20-21,25-26,33,40H,14-19,22-24H2,1-3H3,(H,42,43)/t25-,26+,33-/m1/s1. The SMILES string of the molecule is COCCN1C[C@H](C)N([C@@H](c2cccc(O)c2)c2cccc(C(=O)N3CCN(Cc4ccc(C(=O)O)cc4)CC3)c2)C[C@H]1C. The predicted octanol–water partition coefficient (Wildman–Crippen LogP) is 4.18. The Kier molecular flexibility index (Phi) is 10.3. The van der Waals surface area contributed by atoms with Crippen LogP contribution >= 0.6 is 0 Å². The molecule has 0 spiro atoms. The maximum absolute atomic E-state index is 13.7. The van der Waals surface area contributed by atoms with Gasteiger partial charge in [0.2, 0.25) is 0 Å². The largest absolute Gasteiger partial charge is 0.508 e. The van der Waals surface area contributed by atoms with E-state index in [0.717, 1.165) is 56.0 Å². The molecule has 9 nitrogen and oxygen atoms in total. The molecule has 2 fully saturated rings. The van der Waals surface area contributed by atoms with Crippen LogP contribution < -0.4 is 0 Å². The van der Waals surface area contributed by atoms with Crippen LogP contribution in [-0.4, -0.2) is 113 Å². The molecule has 0 aromatic heterocycles. The first-order valence-corrected chi connectivity index (χ1v) is 15.4. The highest BCUT2D eigenvalue weighted by atomic mass is 16.5. The fourth-order valence-electron chi connectivity index (χ4n) is 6.52. The molecule has 0 radical (unpaired) electrons. The Morgan fingerprint density at radius 3 is 2.20 bits per heavy atom. The number of benzene rings is 3. The Morgan fingerprint density at radius 1 is 0.864 bits per heavy atom. The summed E-state index contributed by atoms with van der Waals surface area (Å²) < 4.78 is 5.34. The second-order valence-electron chi connectivity index (χ2n) is 12.1. The summed E-state index contributed by atoms with van der Waals surface area (Å²) in [7, 11) is 1.74. The monoisotopic (exact) mass is 600 g/mol. The molecule has 1 amide bonds. The summed E-state index contributed by atoms with van der Waals surface area (Å²) >= 11 is 0. The highest BCUT2D eigenvalue weighted by Crippen LogP contribution is 2.35. The predicted molar refractivity (Wildman–Crippen MR) is 170 cm³/mol. The minimum atomic E-state index is -0.925. The van der Waals surface area contributed by atoms with Crippen LogP contribution in [0.4, 0.5) is 0 Å². The topological polar surface area (TPSA) is 96.8 Å². The molecule has 0 saturated carbocycles. The van der Waals surface area contributed by atoms with Gasteiger partial charge in [0.15, 0.2) is 0 Å². The molecule has 2 aliphatic heterocycles. The molecule has 0 bridgehead atoms. The zero-order chi connectivity index (χ0) is 31.2. The number of hydrogen-bond donors (Lipinski definition) is 2. The van der Waals surface area contributed by atoms with Crippen LogP contribution in [0.2, 0.25) is 0 Å². The van der Waals surface area contributed by atoms with Crippen LogP contribution in [0.25, 0.3) is 0 Å². The molecule has 234 valence electrons. The number of phenolic OH excluding ortho intramolecular Hbond substituents is 1. The molecule has 3 aromatic carbocycles. The van der Waals surface area contributed by atoms with Crippen molar-refractivity contribution < 1.29 is 24.5 Å². The number of carbonyl (C=O) groups is 2. The van der Waals surface area contributed by atoms with Crippen molar-refractivity contribution in [3.8, 4) is 5.75 Å². The number of aromatic carboxylic acids is 1. The second-order valence-corrected chi connectivity index (χ2v) is 12.1. The molecule has 2 saturated heterocycles. The number of rotatable bonds is 10. The van der Waals surface area contributed by atoms with Crippen molar-refractivity contribution in [2.75, 3.05) is 59.5 Å². The minimum absolute atomic E-state index is 0.0257. The number of nitrogens with zero attached hydrogens (tertiary/aromatic N) is 4. The number of ether oxygens (including phenoxy) is 1. The smallest absolute Gasteiger partial charge is 0.335 e. The fourth-order valence-corrected chi connectivity index (χ4v) is 6.52. The molecule has 3 aromatic rings. The van der Waals surface area contributed by atoms with Crippen molar-refractivity contribution in [3.05, 3.63) is 101 Å².